The quantitative estimate of drug-likeness (QED) is 0.786. The molecule has 0 aromatic heterocycles. The normalized spacial score (nSPS) is 12.0. The molecule has 0 aliphatic heterocycles. The maximum atomic E-state index is 11.7. The van der Waals surface area contributed by atoms with Crippen molar-refractivity contribution in [2.24, 2.45) is 0 Å². The van der Waals surface area contributed by atoms with Crippen LogP contribution in [0.4, 0.5) is 5.69 Å². The first-order chi connectivity index (χ1) is 8.62. The molecule has 0 saturated carbocycles. The minimum Gasteiger partial charge on any atom is -0.464 e. The zero-order valence-electron chi connectivity index (χ0n) is 11.7. The Morgan fingerprint density at radius 1 is 1.33 bits per heavy atom. The van der Waals surface area contributed by atoms with Crippen molar-refractivity contribution in [1.29, 1.82) is 0 Å². The van der Waals surface area contributed by atoms with E-state index in [1.807, 2.05) is 19.9 Å². The van der Waals surface area contributed by atoms with Crippen LogP contribution in [0, 0.1) is 6.92 Å². The van der Waals surface area contributed by atoms with Gasteiger partial charge in [0.05, 0.1) is 6.61 Å². The summed E-state index contributed by atoms with van der Waals surface area (Å²) in [4.78, 5) is 11.7. The zero-order valence-corrected chi connectivity index (χ0v) is 11.7. The van der Waals surface area contributed by atoms with Gasteiger partial charge < -0.3 is 10.1 Å². The molecule has 0 radical (unpaired) electrons. The predicted octanol–water partition coefficient (Wildman–Crippen LogP) is 3.31. The second kappa shape index (κ2) is 7.04. The summed E-state index contributed by atoms with van der Waals surface area (Å²) in [7, 11) is 0. The Morgan fingerprint density at radius 2 is 2.06 bits per heavy atom. The lowest BCUT2D eigenvalue weighted by Crippen LogP contribution is -2.30. The number of nitrogens with one attached hydrogen (secondary N) is 1. The van der Waals surface area contributed by atoms with Gasteiger partial charge in [-0.2, -0.15) is 0 Å². The second-order valence-electron chi connectivity index (χ2n) is 4.35. The van der Waals surface area contributed by atoms with E-state index in [1.165, 1.54) is 11.1 Å². The highest BCUT2D eigenvalue weighted by molar-refractivity contribution is 5.79. The van der Waals surface area contributed by atoms with E-state index in [-0.39, 0.29) is 12.0 Å². The summed E-state index contributed by atoms with van der Waals surface area (Å²) in [5.41, 5.74) is 3.57. The lowest BCUT2D eigenvalue weighted by molar-refractivity contribution is -0.144. The number of benzene rings is 1. The van der Waals surface area contributed by atoms with Crippen molar-refractivity contribution in [2.75, 3.05) is 11.9 Å². The fourth-order valence-corrected chi connectivity index (χ4v) is 1.95. The molecule has 100 valence electrons. The van der Waals surface area contributed by atoms with Gasteiger partial charge in [0.25, 0.3) is 0 Å². The Bertz CT molecular complexity index is 401. The molecule has 3 heteroatoms. The summed E-state index contributed by atoms with van der Waals surface area (Å²) in [5.74, 6) is -0.183. The van der Waals surface area contributed by atoms with Crippen molar-refractivity contribution >= 4 is 11.7 Å². The number of carbonyl (C=O) groups excluding carboxylic acids is 1. The Morgan fingerprint density at radius 3 is 2.56 bits per heavy atom. The average Bonchev–Trinajstić information content (AvgIpc) is 2.36. The molecule has 1 aromatic rings. The van der Waals surface area contributed by atoms with E-state index in [9.17, 15) is 4.79 Å². The van der Waals surface area contributed by atoms with Gasteiger partial charge in [-0.1, -0.05) is 19.9 Å². The van der Waals surface area contributed by atoms with Gasteiger partial charge in [0.1, 0.15) is 6.04 Å². The van der Waals surface area contributed by atoms with E-state index in [1.54, 1.807) is 0 Å². The Labute approximate surface area is 110 Å². The average molecular weight is 249 g/mol. The SMILES string of the molecule is CCOC(=O)C(CC)Nc1ccc(CC)c(C)c1. The van der Waals surface area contributed by atoms with Crippen LogP contribution in [0.1, 0.15) is 38.3 Å². The third-order valence-corrected chi connectivity index (χ3v) is 3.04. The van der Waals surface area contributed by atoms with Gasteiger partial charge in [-0.15, -0.1) is 0 Å². The van der Waals surface area contributed by atoms with Crippen LogP contribution in [0.5, 0.6) is 0 Å². The van der Waals surface area contributed by atoms with Crippen molar-refractivity contribution in [3.63, 3.8) is 0 Å². The lowest BCUT2D eigenvalue weighted by Gasteiger charge is -2.17. The van der Waals surface area contributed by atoms with E-state index >= 15 is 0 Å². The summed E-state index contributed by atoms with van der Waals surface area (Å²) in [6.45, 7) is 8.45. The van der Waals surface area contributed by atoms with Crippen molar-refractivity contribution in [2.45, 2.75) is 46.6 Å². The highest BCUT2D eigenvalue weighted by atomic mass is 16.5. The minimum atomic E-state index is -0.267. The van der Waals surface area contributed by atoms with Crippen LogP contribution in [-0.2, 0) is 16.0 Å². The van der Waals surface area contributed by atoms with Crippen LogP contribution in [0.3, 0.4) is 0 Å². The zero-order chi connectivity index (χ0) is 13.5. The maximum Gasteiger partial charge on any atom is 0.328 e. The van der Waals surface area contributed by atoms with Crippen molar-refractivity contribution < 1.29 is 9.53 Å². The summed E-state index contributed by atoms with van der Waals surface area (Å²) in [6, 6.07) is 5.95. The molecule has 0 heterocycles. The third-order valence-electron chi connectivity index (χ3n) is 3.04. The maximum absolute atomic E-state index is 11.7. The third kappa shape index (κ3) is 3.76. The topological polar surface area (TPSA) is 38.3 Å². The standard InChI is InChI=1S/C15H23NO2/c1-5-12-8-9-13(10-11(12)4)16-14(6-2)15(17)18-7-3/h8-10,14,16H,5-7H2,1-4H3. The fraction of sp³-hybridized carbons (Fsp3) is 0.533. The van der Waals surface area contributed by atoms with Crippen molar-refractivity contribution in [1.82, 2.24) is 0 Å². The van der Waals surface area contributed by atoms with E-state index < -0.39 is 0 Å². The van der Waals surface area contributed by atoms with Crippen LogP contribution in [0.15, 0.2) is 18.2 Å². The van der Waals surface area contributed by atoms with Crippen molar-refractivity contribution in [3.8, 4) is 0 Å². The molecule has 0 aliphatic rings. The molecule has 1 N–H and O–H groups in total. The van der Waals surface area contributed by atoms with Gasteiger partial charge in [0.2, 0.25) is 0 Å². The Hall–Kier alpha value is -1.51. The number of esters is 1. The molecule has 0 aliphatic carbocycles. The molecule has 1 rings (SSSR count). The van der Waals surface area contributed by atoms with E-state index in [4.69, 9.17) is 4.74 Å². The molecular formula is C15H23NO2. The van der Waals surface area contributed by atoms with E-state index in [0.717, 1.165) is 12.1 Å². The summed E-state index contributed by atoms with van der Waals surface area (Å²) >= 11 is 0. The van der Waals surface area contributed by atoms with Crippen molar-refractivity contribution in [3.05, 3.63) is 29.3 Å². The molecule has 0 saturated heterocycles. The highest BCUT2D eigenvalue weighted by Gasteiger charge is 2.17. The highest BCUT2D eigenvalue weighted by Crippen LogP contribution is 2.17. The first kappa shape index (κ1) is 14.6. The number of aryl methyl sites for hydroxylation is 2. The van der Waals surface area contributed by atoms with Crippen LogP contribution in [0.25, 0.3) is 0 Å². The Balaban J connectivity index is 2.76. The second-order valence-corrected chi connectivity index (χ2v) is 4.35. The molecule has 1 atom stereocenters. The van der Waals surface area contributed by atoms with Gasteiger partial charge in [0.15, 0.2) is 0 Å². The van der Waals surface area contributed by atoms with Gasteiger partial charge in [0, 0.05) is 5.69 Å². The molecule has 0 fully saturated rings. The minimum absolute atomic E-state index is 0.183. The molecule has 0 amide bonds. The molecule has 1 aromatic carbocycles. The monoisotopic (exact) mass is 249 g/mol. The lowest BCUT2D eigenvalue weighted by atomic mass is 10.1. The number of carbonyl (C=O) groups is 1. The van der Waals surface area contributed by atoms with Crippen LogP contribution < -0.4 is 5.32 Å². The van der Waals surface area contributed by atoms with Crippen LogP contribution >= 0.6 is 0 Å². The first-order valence-electron chi connectivity index (χ1n) is 6.65. The smallest absolute Gasteiger partial charge is 0.328 e. The number of hydrogen-bond acceptors (Lipinski definition) is 3. The first-order valence-corrected chi connectivity index (χ1v) is 6.65. The number of hydrogen-bond donors (Lipinski definition) is 1. The Kier molecular flexibility index (Phi) is 5.69. The molecule has 18 heavy (non-hydrogen) atoms. The summed E-state index contributed by atoms with van der Waals surface area (Å²) in [5, 5.41) is 3.23. The largest absolute Gasteiger partial charge is 0.464 e. The molecule has 3 nitrogen and oxygen atoms in total. The number of rotatable bonds is 6. The van der Waals surface area contributed by atoms with Gasteiger partial charge in [-0.05, 0) is 49.9 Å². The van der Waals surface area contributed by atoms with Gasteiger partial charge in [-0.25, -0.2) is 4.79 Å². The summed E-state index contributed by atoms with van der Waals surface area (Å²) < 4.78 is 5.04. The number of ether oxygens (including phenoxy) is 1. The molecule has 1 unspecified atom stereocenters. The van der Waals surface area contributed by atoms with E-state index in [2.05, 4.69) is 31.3 Å². The number of anilines is 1. The van der Waals surface area contributed by atoms with E-state index in [0.29, 0.717) is 13.0 Å². The summed E-state index contributed by atoms with van der Waals surface area (Å²) in [6.07, 6.45) is 1.74. The van der Waals surface area contributed by atoms with Gasteiger partial charge in [-0.3, -0.25) is 0 Å². The predicted molar refractivity (Wildman–Crippen MR) is 74.9 cm³/mol. The van der Waals surface area contributed by atoms with Crippen LogP contribution in [-0.4, -0.2) is 18.6 Å². The molecular weight excluding hydrogens is 226 g/mol. The van der Waals surface area contributed by atoms with Crippen LogP contribution in [0.2, 0.25) is 0 Å². The molecule has 0 spiro atoms. The molecule has 0 bridgehead atoms. The fourth-order valence-electron chi connectivity index (χ4n) is 1.95. The van der Waals surface area contributed by atoms with Gasteiger partial charge >= 0.3 is 5.97 Å².